The van der Waals surface area contributed by atoms with E-state index in [4.69, 9.17) is 4.74 Å². The summed E-state index contributed by atoms with van der Waals surface area (Å²) in [4.78, 5) is 0. The minimum atomic E-state index is 0.235. The molecule has 1 N–H and O–H groups in total. The van der Waals surface area contributed by atoms with Crippen molar-refractivity contribution in [1.29, 1.82) is 0 Å². The highest BCUT2D eigenvalue weighted by Crippen LogP contribution is 2.44. The molecular weight excluding hydrogens is 186 g/mol. The Morgan fingerprint density at radius 3 is 2.93 bits per heavy atom. The maximum Gasteiger partial charge on any atom is 0.0725 e. The highest BCUT2D eigenvalue weighted by atomic mass is 16.5. The summed E-state index contributed by atoms with van der Waals surface area (Å²) in [5, 5.41) is 3.44. The first kappa shape index (κ1) is 11.4. The second kappa shape index (κ2) is 4.84. The quantitative estimate of drug-likeness (QED) is 0.758. The van der Waals surface area contributed by atoms with Gasteiger partial charge in [-0.05, 0) is 38.6 Å². The molecule has 15 heavy (non-hydrogen) atoms. The summed E-state index contributed by atoms with van der Waals surface area (Å²) in [7, 11) is 2.09. The summed E-state index contributed by atoms with van der Waals surface area (Å²) in [5.41, 5.74) is 0.235. The lowest BCUT2D eigenvalue weighted by Crippen LogP contribution is -2.51. The molecule has 2 nitrogen and oxygen atoms in total. The zero-order valence-corrected chi connectivity index (χ0v) is 10.2. The monoisotopic (exact) mass is 211 g/mol. The predicted molar refractivity (Wildman–Crippen MR) is 63.0 cm³/mol. The highest BCUT2D eigenvalue weighted by molar-refractivity contribution is 4.96. The lowest BCUT2D eigenvalue weighted by Gasteiger charge is -2.48. The van der Waals surface area contributed by atoms with Crippen molar-refractivity contribution in [1.82, 2.24) is 5.32 Å². The molecule has 88 valence electrons. The Morgan fingerprint density at radius 1 is 1.33 bits per heavy atom. The summed E-state index contributed by atoms with van der Waals surface area (Å²) in [6.07, 6.45) is 9.17. The zero-order chi connectivity index (χ0) is 10.7. The van der Waals surface area contributed by atoms with Crippen molar-refractivity contribution in [3.05, 3.63) is 0 Å². The number of rotatable bonds is 2. The van der Waals surface area contributed by atoms with Gasteiger partial charge in [0, 0.05) is 12.6 Å². The molecule has 3 unspecified atom stereocenters. The van der Waals surface area contributed by atoms with E-state index in [1.807, 2.05) is 0 Å². The average Bonchev–Trinajstić information content (AvgIpc) is 2.30. The van der Waals surface area contributed by atoms with Gasteiger partial charge < -0.3 is 10.1 Å². The number of ether oxygens (including phenoxy) is 1. The van der Waals surface area contributed by atoms with Crippen molar-refractivity contribution in [3.8, 4) is 0 Å². The van der Waals surface area contributed by atoms with Crippen LogP contribution in [-0.4, -0.2) is 25.3 Å². The molecule has 0 amide bonds. The molecule has 1 heterocycles. The van der Waals surface area contributed by atoms with Gasteiger partial charge in [0.15, 0.2) is 0 Å². The molecule has 2 fully saturated rings. The maximum absolute atomic E-state index is 6.20. The summed E-state index contributed by atoms with van der Waals surface area (Å²) in [5.74, 6) is 0.808. The molecule has 2 rings (SSSR count). The van der Waals surface area contributed by atoms with Crippen LogP contribution in [0.25, 0.3) is 0 Å². The van der Waals surface area contributed by atoms with E-state index in [1.54, 1.807) is 0 Å². The first-order chi connectivity index (χ1) is 7.30. The van der Waals surface area contributed by atoms with Gasteiger partial charge in [-0.2, -0.15) is 0 Å². The molecule has 1 aliphatic carbocycles. The predicted octanol–water partition coefficient (Wildman–Crippen LogP) is 2.72. The van der Waals surface area contributed by atoms with E-state index in [-0.39, 0.29) is 5.60 Å². The van der Waals surface area contributed by atoms with Crippen molar-refractivity contribution in [3.63, 3.8) is 0 Å². The third kappa shape index (κ3) is 2.21. The maximum atomic E-state index is 6.20. The molecule has 0 radical (unpaired) electrons. The van der Waals surface area contributed by atoms with Crippen molar-refractivity contribution in [2.75, 3.05) is 13.7 Å². The van der Waals surface area contributed by atoms with Crippen LogP contribution in [0.4, 0.5) is 0 Å². The molecule has 2 aliphatic rings. The van der Waals surface area contributed by atoms with E-state index in [0.29, 0.717) is 6.04 Å². The van der Waals surface area contributed by atoms with Gasteiger partial charge in [-0.1, -0.05) is 26.2 Å². The molecule has 1 aliphatic heterocycles. The van der Waals surface area contributed by atoms with Gasteiger partial charge in [0.2, 0.25) is 0 Å². The van der Waals surface area contributed by atoms with Crippen LogP contribution >= 0.6 is 0 Å². The van der Waals surface area contributed by atoms with Gasteiger partial charge in [0.1, 0.15) is 0 Å². The Labute approximate surface area is 93.8 Å². The Balaban J connectivity index is 2.07. The SMILES string of the molecule is CCC1CCCCC12CC(NC)CCO2. The second-order valence-electron chi connectivity index (χ2n) is 5.24. The van der Waals surface area contributed by atoms with Crippen molar-refractivity contribution in [2.24, 2.45) is 5.92 Å². The second-order valence-corrected chi connectivity index (χ2v) is 5.24. The van der Waals surface area contributed by atoms with Crippen molar-refractivity contribution < 1.29 is 4.74 Å². The smallest absolute Gasteiger partial charge is 0.0725 e. The first-order valence-electron chi connectivity index (χ1n) is 6.62. The number of hydrogen-bond acceptors (Lipinski definition) is 2. The first-order valence-corrected chi connectivity index (χ1v) is 6.62. The molecule has 3 atom stereocenters. The van der Waals surface area contributed by atoms with Gasteiger partial charge in [-0.3, -0.25) is 0 Å². The van der Waals surface area contributed by atoms with E-state index in [0.717, 1.165) is 12.5 Å². The van der Waals surface area contributed by atoms with E-state index >= 15 is 0 Å². The fourth-order valence-electron chi connectivity index (χ4n) is 3.55. The van der Waals surface area contributed by atoms with Crippen LogP contribution in [-0.2, 0) is 4.74 Å². The normalized spacial score (nSPS) is 42.0. The van der Waals surface area contributed by atoms with Gasteiger partial charge in [-0.25, -0.2) is 0 Å². The number of hydrogen-bond donors (Lipinski definition) is 1. The van der Waals surface area contributed by atoms with Crippen LogP contribution in [0.2, 0.25) is 0 Å². The van der Waals surface area contributed by atoms with Crippen LogP contribution in [0, 0.1) is 5.92 Å². The largest absolute Gasteiger partial charge is 0.375 e. The minimum absolute atomic E-state index is 0.235. The summed E-state index contributed by atoms with van der Waals surface area (Å²) in [6, 6.07) is 0.686. The summed E-state index contributed by atoms with van der Waals surface area (Å²) >= 11 is 0. The molecular formula is C13H25NO. The number of nitrogens with one attached hydrogen (secondary N) is 1. The van der Waals surface area contributed by atoms with Crippen molar-refractivity contribution in [2.45, 2.75) is 63.5 Å². The fraction of sp³-hybridized carbons (Fsp3) is 1.00. The Morgan fingerprint density at radius 2 is 2.20 bits per heavy atom. The molecule has 1 spiro atoms. The third-order valence-electron chi connectivity index (χ3n) is 4.50. The Bertz CT molecular complexity index is 203. The molecule has 0 bridgehead atoms. The molecule has 0 aromatic carbocycles. The minimum Gasteiger partial charge on any atom is -0.375 e. The van der Waals surface area contributed by atoms with Crippen LogP contribution in [0.15, 0.2) is 0 Å². The average molecular weight is 211 g/mol. The standard InChI is InChI=1S/C13H25NO/c1-3-11-6-4-5-8-13(11)10-12(14-2)7-9-15-13/h11-12,14H,3-10H2,1-2H3. The molecule has 0 aromatic heterocycles. The highest BCUT2D eigenvalue weighted by Gasteiger charge is 2.44. The Kier molecular flexibility index (Phi) is 3.68. The van der Waals surface area contributed by atoms with Crippen LogP contribution in [0.1, 0.15) is 51.9 Å². The fourth-order valence-corrected chi connectivity index (χ4v) is 3.55. The van der Waals surface area contributed by atoms with Crippen molar-refractivity contribution >= 4 is 0 Å². The van der Waals surface area contributed by atoms with Crippen LogP contribution in [0.3, 0.4) is 0 Å². The van der Waals surface area contributed by atoms with E-state index in [1.165, 1.54) is 44.9 Å². The van der Waals surface area contributed by atoms with Gasteiger partial charge in [0.05, 0.1) is 5.60 Å². The lowest BCUT2D eigenvalue weighted by atomic mass is 9.69. The lowest BCUT2D eigenvalue weighted by molar-refractivity contribution is -0.143. The van der Waals surface area contributed by atoms with E-state index in [9.17, 15) is 0 Å². The van der Waals surface area contributed by atoms with E-state index < -0.39 is 0 Å². The zero-order valence-electron chi connectivity index (χ0n) is 10.2. The van der Waals surface area contributed by atoms with Gasteiger partial charge in [0.25, 0.3) is 0 Å². The molecule has 1 saturated carbocycles. The van der Waals surface area contributed by atoms with Gasteiger partial charge >= 0.3 is 0 Å². The molecule has 0 aromatic rings. The molecule has 2 heteroatoms. The van der Waals surface area contributed by atoms with Crippen LogP contribution < -0.4 is 5.32 Å². The molecule has 1 saturated heterocycles. The van der Waals surface area contributed by atoms with E-state index in [2.05, 4.69) is 19.3 Å². The van der Waals surface area contributed by atoms with Gasteiger partial charge in [-0.15, -0.1) is 0 Å². The van der Waals surface area contributed by atoms with Crippen LogP contribution in [0.5, 0.6) is 0 Å². The third-order valence-corrected chi connectivity index (χ3v) is 4.50. The Hall–Kier alpha value is -0.0800. The topological polar surface area (TPSA) is 21.3 Å². The summed E-state index contributed by atoms with van der Waals surface area (Å²) in [6.45, 7) is 3.28. The summed E-state index contributed by atoms with van der Waals surface area (Å²) < 4.78 is 6.20.